The Balaban J connectivity index is 1.61. The van der Waals surface area contributed by atoms with Gasteiger partial charge in [0.2, 0.25) is 5.91 Å². The van der Waals surface area contributed by atoms with E-state index in [0.717, 1.165) is 18.5 Å². The molecule has 9 heteroatoms. The first kappa shape index (κ1) is 21.6. The highest BCUT2D eigenvalue weighted by Gasteiger charge is 2.20. The number of carbonyl (C=O) groups excluding carboxylic acids is 1. The maximum atomic E-state index is 12.5. The SMILES string of the molecule is CN1CCCC1=NS(=O)(=O)c1ccc(NC(=O)CCc2cccc(Cl)c2Cl)cc1. The Hall–Kier alpha value is -2.09. The molecule has 154 valence electrons. The molecule has 0 atom stereocenters. The number of nitrogens with zero attached hydrogens (tertiary/aromatic N) is 2. The molecule has 0 saturated carbocycles. The number of hydrogen-bond acceptors (Lipinski definition) is 3. The predicted octanol–water partition coefficient (Wildman–Crippen LogP) is 4.38. The number of anilines is 1. The largest absolute Gasteiger partial charge is 0.362 e. The fourth-order valence-corrected chi connectivity index (χ4v) is 4.53. The molecule has 1 amide bonds. The van der Waals surface area contributed by atoms with Crippen LogP contribution < -0.4 is 5.32 Å². The lowest BCUT2D eigenvalue weighted by atomic mass is 10.1. The number of carbonyl (C=O) groups is 1. The predicted molar refractivity (Wildman–Crippen MR) is 116 cm³/mol. The fraction of sp³-hybridized carbons (Fsp3) is 0.300. The van der Waals surface area contributed by atoms with Gasteiger partial charge in [0.25, 0.3) is 10.0 Å². The Labute approximate surface area is 180 Å². The van der Waals surface area contributed by atoms with Gasteiger partial charge in [0.1, 0.15) is 5.84 Å². The van der Waals surface area contributed by atoms with E-state index in [-0.39, 0.29) is 17.2 Å². The topological polar surface area (TPSA) is 78.8 Å². The summed E-state index contributed by atoms with van der Waals surface area (Å²) in [6, 6.07) is 11.3. The lowest BCUT2D eigenvalue weighted by Crippen LogP contribution is -2.20. The second-order valence-electron chi connectivity index (χ2n) is 6.79. The molecule has 0 radical (unpaired) electrons. The van der Waals surface area contributed by atoms with Gasteiger partial charge in [0.05, 0.1) is 14.9 Å². The molecule has 6 nitrogen and oxygen atoms in total. The first-order chi connectivity index (χ1) is 13.8. The molecule has 0 spiro atoms. The van der Waals surface area contributed by atoms with Crippen molar-refractivity contribution in [3.05, 3.63) is 58.1 Å². The number of sulfonamides is 1. The molecule has 1 aliphatic rings. The van der Waals surface area contributed by atoms with E-state index < -0.39 is 10.0 Å². The third-order valence-corrected chi connectivity index (χ3v) is 6.83. The maximum absolute atomic E-state index is 12.5. The van der Waals surface area contributed by atoms with Gasteiger partial charge < -0.3 is 10.2 Å². The lowest BCUT2D eigenvalue weighted by molar-refractivity contribution is -0.116. The van der Waals surface area contributed by atoms with Gasteiger partial charge in [-0.3, -0.25) is 4.79 Å². The molecule has 0 unspecified atom stereocenters. The van der Waals surface area contributed by atoms with Crippen LogP contribution in [0.3, 0.4) is 0 Å². The lowest BCUT2D eigenvalue weighted by Gasteiger charge is -2.11. The van der Waals surface area contributed by atoms with Crippen LogP contribution in [-0.2, 0) is 21.2 Å². The van der Waals surface area contributed by atoms with Crippen molar-refractivity contribution in [2.45, 2.75) is 30.6 Å². The summed E-state index contributed by atoms with van der Waals surface area (Å²) in [5.74, 6) is 0.367. The van der Waals surface area contributed by atoms with Gasteiger partial charge in [0, 0.05) is 32.1 Å². The molecule has 1 fully saturated rings. The number of benzene rings is 2. The average molecular weight is 454 g/mol. The van der Waals surface area contributed by atoms with E-state index in [4.69, 9.17) is 23.2 Å². The number of nitrogens with one attached hydrogen (secondary N) is 1. The molecule has 0 bridgehead atoms. The Kier molecular flexibility index (Phi) is 6.82. The Bertz CT molecular complexity index is 1040. The molecule has 2 aromatic carbocycles. The van der Waals surface area contributed by atoms with Crippen molar-refractivity contribution in [1.82, 2.24) is 4.90 Å². The fourth-order valence-electron chi connectivity index (χ4n) is 3.02. The van der Waals surface area contributed by atoms with Crippen molar-refractivity contribution in [2.24, 2.45) is 4.40 Å². The van der Waals surface area contributed by atoms with E-state index >= 15 is 0 Å². The molecule has 1 N–H and O–H groups in total. The third kappa shape index (κ3) is 5.50. The van der Waals surface area contributed by atoms with Gasteiger partial charge in [0.15, 0.2) is 0 Å². The molecule has 1 aliphatic heterocycles. The van der Waals surface area contributed by atoms with Gasteiger partial charge in [-0.1, -0.05) is 35.3 Å². The molecule has 1 saturated heterocycles. The van der Waals surface area contributed by atoms with E-state index in [1.165, 1.54) is 12.1 Å². The summed E-state index contributed by atoms with van der Waals surface area (Å²) in [7, 11) is -1.94. The third-order valence-electron chi connectivity index (χ3n) is 4.65. The maximum Gasteiger partial charge on any atom is 0.283 e. The highest BCUT2D eigenvalue weighted by atomic mass is 35.5. The van der Waals surface area contributed by atoms with Gasteiger partial charge in [-0.2, -0.15) is 8.42 Å². The number of halogens is 2. The number of likely N-dealkylation sites (tertiary alicyclic amines) is 1. The molecule has 1 heterocycles. The Morgan fingerprint density at radius 2 is 1.90 bits per heavy atom. The first-order valence-corrected chi connectivity index (χ1v) is 11.3. The first-order valence-electron chi connectivity index (χ1n) is 9.14. The molecule has 0 aliphatic carbocycles. The summed E-state index contributed by atoms with van der Waals surface area (Å²) in [4.78, 5) is 14.1. The number of hydrogen-bond donors (Lipinski definition) is 1. The van der Waals surface area contributed by atoms with Crippen molar-refractivity contribution in [3.8, 4) is 0 Å². The van der Waals surface area contributed by atoms with Crippen molar-refractivity contribution in [1.29, 1.82) is 0 Å². The van der Waals surface area contributed by atoms with Gasteiger partial charge in [-0.15, -0.1) is 4.40 Å². The molecular weight excluding hydrogens is 433 g/mol. The average Bonchev–Trinajstić information content (AvgIpc) is 3.07. The smallest absolute Gasteiger partial charge is 0.283 e. The summed E-state index contributed by atoms with van der Waals surface area (Å²) >= 11 is 12.1. The summed E-state index contributed by atoms with van der Waals surface area (Å²) < 4.78 is 28.9. The van der Waals surface area contributed by atoms with Gasteiger partial charge in [-0.25, -0.2) is 0 Å². The highest BCUT2D eigenvalue weighted by Crippen LogP contribution is 2.26. The van der Waals surface area contributed by atoms with Crippen molar-refractivity contribution < 1.29 is 13.2 Å². The molecule has 2 aromatic rings. The summed E-state index contributed by atoms with van der Waals surface area (Å²) in [5.41, 5.74) is 1.31. The zero-order valence-electron chi connectivity index (χ0n) is 15.9. The van der Waals surface area contributed by atoms with Crippen molar-refractivity contribution >= 4 is 50.7 Å². The van der Waals surface area contributed by atoms with Crippen LogP contribution in [0, 0.1) is 0 Å². The van der Waals surface area contributed by atoms with Crippen LogP contribution in [0.15, 0.2) is 51.8 Å². The van der Waals surface area contributed by atoms with Crippen LogP contribution >= 0.6 is 23.2 Å². The summed E-state index contributed by atoms with van der Waals surface area (Å²) in [6.07, 6.45) is 2.22. The molecular formula is C20H21Cl2N3O3S. The zero-order valence-corrected chi connectivity index (χ0v) is 18.2. The quantitative estimate of drug-likeness (QED) is 0.703. The second kappa shape index (κ2) is 9.15. The van der Waals surface area contributed by atoms with Crippen LogP contribution in [0.2, 0.25) is 10.0 Å². The van der Waals surface area contributed by atoms with Crippen molar-refractivity contribution in [2.75, 3.05) is 18.9 Å². The highest BCUT2D eigenvalue weighted by molar-refractivity contribution is 7.90. The number of amidine groups is 1. The summed E-state index contributed by atoms with van der Waals surface area (Å²) in [5, 5.41) is 3.65. The molecule has 3 rings (SSSR count). The minimum atomic E-state index is -3.77. The normalized spacial score (nSPS) is 15.7. The Morgan fingerprint density at radius 1 is 1.17 bits per heavy atom. The van der Waals surface area contributed by atoms with Crippen LogP contribution in [0.5, 0.6) is 0 Å². The number of aryl methyl sites for hydroxylation is 1. The van der Waals surface area contributed by atoms with Gasteiger partial charge in [-0.05, 0) is 48.7 Å². The number of amides is 1. The van der Waals surface area contributed by atoms with Crippen LogP contribution in [-0.4, -0.2) is 38.7 Å². The van der Waals surface area contributed by atoms with E-state index in [1.54, 1.807) is 24.3 Å². The van der Waals surface area contributed by atoms with Crippen molar-refractivity contribution in [3.63, 3.8) is 0 Å². The standard InChI is InChI=1S/C20H21Cl2N3O3S/c1-25-13-3-6-18(25)24-29(27,28)16-10-8-15(9-11-16)23-19(26)12-7-14-4-2-5-17(21)20(14)22/h2,4-5,8-11H,3,6-7,12-13H2,1H3,(H,23,26). The van der Waals surface area contributed by atoms with Gasteiger partial charge >= 0.3 is 0 Å². The van der Waals surface area contributed by atoms with E-state index in [9.17, 15) is 13.2 Å². The minimum Gasteiger partial charge on any atom is -0.362 e. The molecule has 0 aromatic heterocycles. The monoisotopic (exact) mass is 453 g/mol. The Morgan fingerprint density at radius 3 is 2.55 bits per heavy atom. The van der Waals surface area contributed by atoms with Crippen LogP contribution in [0.1, 0.15) is 24.8 Å². The van der Waals surface area contributed by atoms with Crippen LogP contribution in [0.4, 0.5) is 5.69 Å². The van der Waals surface area contributed by atoms with E-state index in [2.05, 4.69) is 9.71 Å². The summed E-state index contributed by atoms with van der Waals surface area (Å²) in [6.45, 7) is 0.805. The minimum absolute atomic E-state index is 0.0917. The second-order valence-corrected chi connectivity index (χ2v) is 9.18. The zero-order chi connectivity index (χ0) is 21.0. The number of rotatable bonds is 6. The van der Waals surface area contributed by atoms with E-state index in [0.29, 0.717) is 34.4 Å². The van der Waals surface area contributed by atoms with E-state index in [1.807, 2.05) is 18.0 Å². The van der Waals surface area contributed by atoms with Crippen LogP contribution in [0.25, 0.3) is 0 Å². The molecule has 29 heavy (non-hydrogen) atoms.